The van der Waals surface area contributed by atoms with E-state index in [0.717, 1.165) is 26.1 Å². The van der Waals surface area contributed by atoms with Crippen LogP contribution in [0.4, 0.5) is 15.8 Å². The van der Waals surface area contributed by atoms with Crippen molar-refractivity contribution in [3.8, 4) is 0 Å². The van der Waals surface area contributed by atoms with E-state index in [-0.39, 0.29) is 17.5 Å². The van der Waals surface area contributed by atoms with Gasteiger partial charge >= 0.3 is 0 Å². The highest BCUT2D eigenvalue weighted by atomic mass is 19.1. The summed E-state index contributed by atoms with van der Waals surface area (Å²) in [6.07, 6.45) is 2.09. The number of nitrogens with two attached hydrogens (primary N) is 1. The summed E-state index contributed by atoms with van der Waals surface area (Å²) >= 11 is 0. The van der Waals surface area contributed by atoms with Crippen LogP contribution in [-0.4, -0.2) is 19.3 Å². The first kappa shape index (κ1) is 12.2. The van der Waals surface area contributed by atoms with E-state index in [1.165, 1.54) is 6.07 Å². The molecular formula is C13H19FN2O. The fourth-order valence-electron chi connectivity index (χ4n) is 2.24. The molecule has 0 bridgehead atoms. The Morgan fingerprint density at radius 1 is 1.41 bits per heavy atom. The second kappa shape index (κ2) is 5.36. The normalized spacial score (nSPS) is 18.9. The predicted molar refractivity (Wildman–Crippen MR) is 67.4 cm³/mol. The number of anilines is 2. The summed E-state index contributed by atoms with van der Waals surface area (Å²) in [5, 5.41) is 3.30. The molecule has 1 aromatic carbocycles. The maximum absolute atomic E-state index is 13.3. The van der Waals surface area contributed by atoms with Gasteiger partial charge in [-0.3, -0.25) is 0 Å². The summed E-state index contributed by atoms with van der Waals surface area (Å²) in [4.78, 5) is 0. The topological polar surface area (TPSA) is 47.3 Å². The first-order valence-electron chi connectivity index (χ1n) is 6.06. The SMILES string of the molecule is CC(Nc1cccc(F)c1N)C1CCOCC1. The number of halogens is 1. The fourth-order valence-corrected chi connectivity index (χ4v) is 2.24. The Balaban J connectivity index is 2.01. The standard InChI is InChI=1S/C13H19FN2O/c1-9(10-5-7-17-8-6-10)16-12-4-2-3-11(14)13(12)15/h2-4,9-10,16H,5-8,15H2,1H3. The van der Waals surface area contributed by atoms with Gasteiger partial charge in [-0.2, -0.15) is 0 Å². The molecule has 1 saturated heterocycles. The molecule has 1 aliphatic rings. The second-order valence-corrected chi connectivity index (χ2v) is 4.58. The minimum atomic E-state index is -0.367. The molecule has 94 valence electrons. The molecule has 0 aromatic heterocycles. The Morgan fingerprint density at radius 3 is 2.82 bits per heavy atom. The van der Waals surface area contributed by atoms with E-state index in [4.69, 9.17) is 10.5 Å². The van der Waals surface area contributed by atoms with Gasteiger partial charge in [0.2, 0.25) is 0 Å². The molecule has 1 fully saturated rings. The summed E-state index contributed by atoms with van der Waals surface area (Å²) in [6.45, 7) is 3.74. The van der Waals surface area contributed by atoms with Crippen LogP contribution in [0.1, 0.15) is 19.8 Å². The van der Waals surface area contributed by atoms with Crippen molar-refractivity contribution in [1.82, 2.24) is 0 Å². The van der Waals surface area contributed by atoms with Crippen LogP contribution in [0.5, 0.6) is 0 Å². The Labute approximate surface area is 101 Å². The summed E-state index contributed by atoms with van der Waals surface area (Å²) in [6, 6.07) is 5.14. The lowest BCUT2D eigenvalue weighted by molar-refractivity contribution is 0.0622. The van der Waals surface area contributed by atoms with Gasteiger partial charge in [-0.25, -0.2) is 4.39 Å². The molecule has 17 heavy (non-hydrogen) atoms. The first-order valence-corrected chi connectivity index (χ1v) is 6.06. The Kier molecular flexibility index (Phi) is 3.84. The van der Waals surface area contributed by atoms with Crippen LogP contribution < -0.4 is 11.1 Å². The zero-order valence-corrected chi connectivity index (χ0v) is 10.1. The van der Waals surface area contributed by atoms with Crippen LogP contribution in [0.3, 0.4) is 0 Å². The molecule has 0 spiro atoms. The highest BCUT2D eigenvalue weighted by molar-refractivity contribution is 5.66. The van der Waals surface area contributed by atoms with E-state index < -0.39 is 0 Å². The van der Waals surface area contributed by atoms with E-state index in [2.05, 4.69) is 12.2 Å². The average molecular weight is 238 g/mol. The maximum Gasteiger partial charge on any atom is 0.148 e. The predicted octanol–water partition coefficient (Wildman–Crippen LogP) is 2.63. The minimum absolute atomic E-state index is 0.200. The van der Waals surface area contributed by atoms with Crippen molar-refractivity contribution in [2.75, 3.05) is 24.3 Å². The number of ether oxygens (including phenoxy) is 1. The lowest BCUT2D eigenvalue weighted by Gasteiger charge is -2.29. The molecule has 2 rings (SSSR count). The summed E-state index contributed by atoms with van der Waals surface area (Å²) in [5.74, 6) is 0.195. The highest BCUT2D eigenvalue weighted by Gasteiger charge is 2.21. The van der Waals surface area contributed by atoms with E-state index in [1.807, 2.05) is 6.07 Å². The molecule has 4 heteroatoms. The average Bonchev–Trinajstić information content (AvgIpc) is 2.36. The van der Waals surface area contributed by atoms with E-state index >= 15 is 0 Å². The van der Waals surface area contributed by atoms with Crippen LogP contribution in [-0.2, 0) is 4.74 Å². The maximum atomic E-state index is 13.3. The number of rotatable bonds is 3. The summed E-state index contributed by atoms with van der Waals surface area (Å²) in [5.41, 5.74) is 6.58. The van der Waals surface area contributed by atoms with Gasteiger partial charge in [-0.15, -0.1) is 0 Å². The highest BCUT2D eigenvalue weighted by Crippen LogP contribution is 2.26. The van der Waals surface area contributed by atoms with E-state index in [9.17, 15) is 4.39 Å². The molecule has 0 aliphatic carbocycles. The number of benzene rings is 1. The number of nitrogen functional groups attached to an aromatic ring is 1. The number of hydrogen-bond donors (Lipinski definition) is 2. The summed E-state index contributed by atoms with van der Waals surface area (Å²) < 4.78 is 18.6. The van der Waals surface area contributed by atoms with Gasteiger partial charge in [-0.1, -0.05) is 6.07 Å². The van der Waals surface area contributed by atoms with Crippen LogP contribution in [0.25, 0.3) is 0 Å². The van der Waals surface area contributed by atoms with E-state index in [1.54, 1.807) is 6.07 Å². The monoisotopic (exact) mass is 238 g/mol. The van der Waals surface area contributed by atoms with Crippen molar-refractivity contribution in [3.05, 3.63) is 24.0 Å². The molecule has 1 heterocycles. The van der Waals surface area contributed by atoms with Gasteiger partial charge < -0.3 is 15.8 Å². The van der Waals surface area contributed by atoms with Crippen molar-refractivity contribution in [2.24, 2.45) is 5.92 Å². The first-order chi connectivity index (χ1) is 8.18. The van der Waals surface area contributed by atoms with Crippen molar-refractivity contribution in [3.63, 3.8) is 0 Å². The third-order valence-corrected chi connectivity index (χ3v) is 3.41. The molecule has 1 aliphatic heterocycles. The molecule has 0 radical (unpaired) electrons. The van der Waals surface area contributed by atoms with Gasteiger partial charge in [0.05, 0.1) is 11.4 Å². The van der Waals surface area contributed by atoms with Gasteiger partial charge in [0.25, 0.3) is 0 Å². The summed E-state index contributed by atoms with van der Waals surface area (Å²) in [7, 11) is 0. The van der Waals surface area contributed by atoms with Crippen LogP contribution in [0.2, 0.25) is 0 Å². The van der Waals surface area contributed by atoms with Crippen molar-refractivity contribution < 1.29 is 9.13 Å². The zero-order valence-electron chi connectivity index (χ0n) is 10.1. The third-order valence-electron chi connectivity index (χ3n) is 3.41. The Bertz CT molecular complexity index is 378. The van der Waals surface area contributed by atoms with E-state index in [0.29, 0.717) is 11.6 Å². The quantitative estimate of drug-likeness (QED) is 0.796. The van der Waals surface area contributed by atoms with Crippen LogP contribution in [0, 0.1) is 11.7 Å². The lowest BCUT2D eigenvalue weighted by Crippen LogP contribution is -2.31. The Morgan fingerprint density at radius 2 is 2.12 bits per heavy atom. The van der Waals surface area contributed by atoms with Crippen molar-refractivity contribution in [2.45, 2.75) is 25.8 Å². The number of nitrogens with one attached hydrogen (secondary N) is 1. The lowest BCUT2D eigenvalue weighted by atomic mass is 9.93. The molecule has 1 aromatic rings. The number of para-hydroxylation sites is 1. The van der Waals surface area contributed by atoms with Gasteiger partial charge in [0.1, 0.15) is 5.82 Å². The molecule has 0 saturated carbocycles. The van der Waals surface area contributed by atoms with Crippen LogP contribution >= 0.6 is 0 Å². The van der Waals surface area contributed by atoms with Gasteiger partial charge in [0.15, 0.2) is 0 Å². The number of hydrogen-bond acceptors (Lipinski definition) is 3. The molecule has 3 N–H and O–H groups in total. The van der Waals surface area contributed by atoms with Crippen molar-refractivity contribution in [1.29, 1.82) is 0 Å². The third kappa shape index (κ3) is 2.88. The van der Waals surface area contributed by atoms with Crippen molar-refractivity contribution >= 4 is 11.4 Å². The van der Waals surface area contributed by atoms with Crippen LogP contribution in [0.15, 0.2) is 18.2 Å². The molecular weight excluding hydrogens is 219 g/mol. The molecule has 1 atom stereocenters. The van der Waals surface area contributed by atoms with Gasteiger partial charge in [0, 0.05) is 19.3 Å². The second-order valence-electron chi connectivity index (χ2n) is 4.58. The minimum Gasteiger partial charge on any atom is -0.395 e. The van der Waals surface area contributed by atoms with Gasteiger partial charge in [-0.05, 0) is 37.8 Å². The molecule has 0 amide bonds. The Hall–Kier alpha value is -1.29. The molecule has 3 nitrogen and oxygen atoms in total. The fraction of sp³-hybridized carbons (Fsp3) is 0.538. The zero-order chi connectivity index (χ0) is 12.3. The molecule has 1 unspecified atom stereocenters. The smallest absolute Gasteiger partial charge is 0.148 e. The largest absolute Gasteiger partial charge is 0.395 e.